The van der Waals surface area contributed by atoms with Crippen LogP contribution in [0.2, 0.25) is 5.02 Å². The highest BCUT2D eigenvalue weighted by Crippen LogP contribution is 2.24. The van der Waals surface area contributed by atoms with Crippen LogP contribution in [0, 0.1) is 0 Å². The Labute approximate surface area is 183 Å². The number of hydrogen-bond acceptors (Lipinski definition) is 5. The molecule has 1 aromatic heterocycles. The van der Waals surface area contributed by atoms with Gasteiger partial charge in [-0.15, -0.1) is 10.2 Å². The van der Waals surface area contributed by atoms with Crippen molar-refractivity contribution in [2.45, 2.75) is 11.7 Å². The summed E-state index contributed by atoms with van der Waals surface area (Å²) in [6.45, 7) is 0.522. The standard InChI is InChI=1S/C22H20ClN5OS/c1-28-20(13-24-17-11-9-16(23)10-12-17)26-27-22(28)30-14-21(29)25-19-8-4-6-15-5-2-3-7-18(15)19/h2-12,24H,13-14H2,1H3,(H,25,29). The number of aromatic nitrogens is 3. The average molecular weight is 438 g/mol. The van der Waals surface area contributed by atoms with E-state index in [0.29, 0.717) is 16.7 Å². The van der Waals surface area contributed by atoms with Crippen LogP contribution >= 0.6 is 23.4 Å². The lowest BCUT2D eigenvalue weighted by molar-refractivity contribution is -0.113. The van der Waals surface area contributed by atoms with E-state index in [4.69, 9.17) is 11.6 Å². The molecular weight excluding hydrogens is 418 g/mol. The summed E-state index contributed by atoms with van der Waals surface area (Å²) in [5.74, 6) is 0.946. The van der Waals surface area contributed by atoms with Gasteiger partial charge in [0, 0.05) is 28.8 Å². The number of hydrogen-bond donors (Lipinski definition) is 2. The fourth-order valence-corrected chi connectivity index (χ4v) is 3.88. The molecule has 30 heavy (non-hydrogen) atoms. The van der Waals surface area contributed by atoms with Crippen molar-refractivity contribution in [3.05, 3.63) is 77.6 Å². The number of anilines is 2. The van der Waals surface area contributed by atoms with Gasteiger partial charge >= 0.3 is 0 Å². The quantitative estimate of drug-likeness (QED) is 0.399. The van der Waals surface area contributed by atoms with Crippen molar-refractivity contribution in [2.24, 2.45) is 7.05 Å². The SMILES string of the molecule is Cn1c(CNc2ccc(Cl)cc2)nnc1SCC(=O)Nc1cccc2ccccc12. The van der Waals surface area contributed by atoms with Gasteiger partial charge in [0.15, 0.2) is 11.0 Å². The maximum Gasteiger partial charge on any atom is 0.234 e. The Balaban J connectivity index is 1.34. The van der Waals surface area contributed by atoms with Crippen LogP contribution in [0.3, 0.4) is 0 Å². The molecule has 2 N–H and O–H groups in total. The first kappa shape index (κ1) is 20.3. The van der Waals surface area contributed by atoms with Crippen molar-refractivity contribution >= 4 is 51.4 Å². The number of nitrogens with zero attached hydrogens (tertiary/aromatic N) is 3. The lowest BCUT2D eigenvalue weighted by Gasteiger charge is -2.09. The zero-order valence-electron chi connectivity index (χ0n) is 16.3. The molecule has 0 unspecified atom stereocenters. The van der Waals surface area contributed by atoms with Gasteiger partial charge in [-0.2, -0.15) is 0 Å². The monoisotopic (exact) mass is 437 g/mol. The van der Waals surface area contributed by atoms with Crippen LogP contribution in [0.25, 0.3) is 10.8 Å². The van der Waals surface area contributed by atoms with Crippen LogP contribution in [0.15, 0.2) is 71.9 Å². The molecule has 4 rings (SSSR count). The van der Waals surface area contributed by atoms with Crippen LogP contribution in [0.4, 0.5) is 11.4 Å². The number of fused-ring (bicyclic) bond motifs is 1. The highest BCUT2D eigenvalue weighted by Gasteiger charge is 2.12. The highest BCUT2D eigenvalue weighted by atomic mass is 35.5. The third-order valence-corrected chi connectivity index (χ3v) is 5.89. The molecule has 0 bridgehead atoms. The smallest absolute Gasteiger partial charge is 0.234 e. The van der Waals surface area contributed by atoms with Crippen molar-refractivity contribution in [3.63, 3.8) is 0 Å². The third-order valence-electron chi connectivity index (χ3n) is 4.62. The van der Waals surface area contributed by atoms with Gasteiger partial charge in [0.05, 0.1) is 12.3 Å². The first-order valence-electron chi connectivity index (χ1n) is 9.38. The second-order valence-electron chi connectivity index (χ2n) is 6.68. The molecule has 0 saturated carbocycles. The first-order valence-corrected chi connectivity index (χ1v) is 10.7. The van der Waals surface area contributed by atoms with Crippen molar-refractivity contribution < 1.29 is 4.79 Å². The topological polar surface area (TPSA) is 71.8 Å². The minimum atomic E-state index is -0.0832. The molecule has 0 spiro atoms. The summed E-state index contributed by atoms with van der Waals surface area (Å²) in [5.41, 5.74) is 1.76. The summed E-state index contributed by atoms with van der Waals surface area (Å²) in [7, 11) is 1.89. The van der Waals surface area contributed by atoms with Gasteiger partial charge in [0.2, 0.25) is 5.91 Å². The maximum atomic E-state index is 12.5. The summed E-state index contributed by atoms with van der Waals surface area (Å²) in [5, 5.41) is 18.2. The summed E-state index contributed by atoms with van der Waals surface area (Å²) in [6.07, 6.45) is 0. The van der Waals surface area contributed by atoms with Gasteiger partial charge in [-0.25, -0.2) is 0 Å². The summed E-state index contributed by atoms with van der Waals surface area (Å²) >= 11 is 7.26. The molecule has 0 fully saturated rings. The number of nitrogens with one attached hydrogen (secondary N) is 2. The van der Waals surface area contributed by atoms with E-state index in [1.165, 1.54) is 11.8 Å². The Hall–Kier alpha value is -3.03. The summed E-state index contributed by atoms with van der Waals surface area (Å²) in [6, 6.07) is 21.3. The number of carbonyl (C=O) groups is 1. The lowest BCUT2D eigenvalue weighted by atomic mass is 10.1. The van der Waals surface area contributed by atoms with E-state index in [0.717, 1.165) is 28.0 Å². The van der Waals surface area contributed by atoms with Gasteiger partial charge < -0.3 is 15.2 Å². The fraction of sp³-hybridized carbons (Fsp3) is 0.136. The highest BCUT2D eigenvalue weighted by molar-refractivity contribution is 7.99. The van der Waals surface area contributed by atoms with Crippen molar-refractivity contribution in [1.82, 2.24) is 14.8 Å². The number of thioether (sulfide) groups is 1. The Bertz CT molecular complexity index is 1170. The van der Waals surface area contributed by atoms with E-state index in [9.17, 15) is 4.79 Å². The number of rotatable bonds is 7. The van der Waals surface area contributed by atoms with E-state index in [1.54, 1.807) is 0 Å². The third kappa shape index (κ3) is 4.75. The summed E-state index contributed by atoms with van der Waals surface area (Å²) < 4.78 is 1.89. The molecule has 0 radical (unpaired) electrons. The van der Waals surface area contributed by atoms with Gasteiger partial charge in [-0.1, -0.05) is 59.8 Å². The Morgan fingerprint density at radius 3 is 2.63 bits per heavy atom. The van der Waals surface area contributed by atoms with Crippen LogP contribution in [0.5, 0.6) is 0 Å². The Kier molecular flexibility index (Phi) is 6.21. The number of halogens is 1. The van der Waals surface area contributed by atoms with Gasteiger partial charge in [-0.05, 0) is 35.7 Å². The largest absolute Gasteiger partial charge is 0.378 e. The first-order chi connectivity index (χ1) is 14.6. The molecule has 0 atom stereocenters. The lowest BCUT2D eigenvalue weighted by Crippen LogP contribution is -2.15. The van der Waals surface area contributed by atoms with Gasteiger partial charge in [0.1, 0.15) is 0 Å². The van der Waals surface area contributed by atoms with E-state index in [2.05, 4.69) is 20.8 Å². The molecular formula is C22H20ClN5OS. The van der Waals surface area contributed by atoms with Gasteiger partial charge in [-0.3, -0.25) is 4.79 Å². The molecule has 152 valence electrons. The Morgan fingerprint density at radius 1 is 1.03 bits per heavy atom. The van der Waals surface area contributed by atoms with Crippen molar-refractivity contribution in [2.75, 3.05) is 16.4 Å². The minimum absolute atomic E-state index is 0.0832. The molecule has 0 aliphatic rings. The average Bonchev–Trinajstić information content (AvgIpc) is 3.11. The molecule has 3 aromatic carbocycles. The molecule has 0 saturated heterocycles. The maximum absolute atomic E-state index is 12.5. The number of amides is 1. The predicted octanol–water partition coefficient (Wildman–Crippen LogP) is 4.96. The molecule has 4 aromatic rings. The molecule has 0 aliphatic heterocycles. The van der Waals surface area contributed by atoms with Crippen molar-refractivity contribution in [3.8, 4) is 0 Å². The zero-order valence-corrected chi connectivity index (χ0v) is 17.9. The minimum Gasteiger partial charge on any atom is -0.378 e. The predicted molar refractivity (Wildman–Crippen MR) is 123 cm³/mol. The second kappa shape index (κ2) is 9.19. The normalized spacial score (nSPS) is 10.9. The Morgan fingerprint density at radius 2 is 1.80 bits per heavy atom. The van der Waals surface area contributed by atoms with Gasteiger partial charge in [0.25, 0.3) is 0 Å². The molecule has 8 heteroatoms. The number of benzene rings is 3. The van der Waals surface area contributed by atoms with Crippen LogP contribution in [-0.4, -0.2) is 26.4 Å². The van der Waals surface area contributed by atoms with E-state index < -0.39 is 0 Å². The second-order valence-corrected chi connectivity index (χ2v) is 8.06. The number of carbonyl (C=O) groups excluding carboxylic acids is 1. The molecule has 0 aliphatic carbocycles. The van der Waals surface area contributed by atoms with E-state index in [-0.39, 0.29) is 11.7 Å². The van der Waals surface area contributed by atoms with E-state index in [1.807, 2.05) is 78.3 Å². The molecule has 1 heterocycles. The fourth-order valence-electron chi connectivity index (χ4n) is 3.02. The van der Waals surface area contributed by atoms with Crippen LogP contribution in [0.1, 0.15) is 5.82 Å². The zero-order chi connectivity index (χ0) is 20.9. The molecule has 6 nitrogen and oxygen atoms in total. The van der Waals surface area contributed by atoms with Crippen molar-refractivity contribution in [1.29, 1.82) is 0 Å². The molecule has 1 amide bonds. The van der Waals surface area contributed by atoms with E-state index >= 15 is 0 Å². The summed E-state index contributed by atoms with van der Waals surface area (Å²) in [4.78, 5) is 12.5. The van der Waals surface area contributed by atoms with Crippen LogP contribution in [-0.2, 0) is 18.4 Å². The van der Waals surface area contributed by atoms with Crippen LogP contribution < -0.4 is 10.6 Å².